The second kappa shape index (κ2) is 14.6. The molecular weight excluding hydrogens is 659 g/mol. The number of alkyl halides is 1. The third kappa shape index (κ3) is 6.86. The Hall–Kier alpha value is -3.76. The fourth-order valence-corrected chi connectivity index (χ4v) is 8.37. The summed E-state index contributed by atoms with van der Waals surface area (Å²) in [5.41, 5.74) is 5.50. The highest BCUT2D eigenvalue weighted by atomic mass is 35.5. The van der Waals surface area contributed by atoms with Gasteiger partial charge in [0, 0.05) is 66.9 Å². The molecule has 0 bridgehead atoms. The van der Waals surface area contributed by atoms with Crippen LogP contribution >= 0.6 is 23.2 Å². The SMILES string of the molecule is COc1nc(C2(c3ccc4c(n3)CCC[C@H]4NC[C@@H]3CCC(=O)N3)C=CC=C(c3ccccc3Cl)C2Cl)ccc1CNC[C@H]1CCC(=O)N1. The number of halogens is 2. The number of ether oxygens (including phenoxy) is 1. The third-order valence-electron chi connectivity index (χ3n) is 10.3. The molecule has 5 atom stereocenters. The van der Waals surface area contributed by atoms with Crippen LogP contribution in [0.3, 0.4) is 0 Å². The molecule has 2 unspecified atom stereocenters. The summed E-state index contributed by atoms with van der Waals surface area (Å²) in [4.78, 5) is 33.9. The van der Waals surface area contributed by atoms with Crippen molar-refractivity contribution in [3.8, 4) is 5.88 Å². The lowest BCUT2D eigenvalue weighted by molar-refractivity contribution is -0.120. The van der Waals surface area contributed by atoms with Crippen LogP contribution in [0.5, 0.6) is 5.88 Å². The van der Waals surface area contributed by atoms with Gasteiger partial charge in [-0.3, -0.25) is 14.6 Å². The van der Waals surface area contributed by atoms with Gasteiger partial charge >= 0.3 is 0 Å². The Balaban J connectivity index is 1.23. The van der Waals surface area contributed by atoms with E-state index in [0.717, 1.165) is 72.4 Å². The normalized spacial score (nSPS) is 26.2. The van der Waals surface area contributed by atoms with Crippen molar-refractivity contribution >= 4 is 40.6 Å². The molecule has 2 saturated heterocycles. The van der Waals surface area contributed by atoms with Crippen LogP contribution < -0.4 is 26.0 Å². The first-order valence-corrected chi connectivity index (χ1v) is 18.0. The average molecular weight is 702 g/mol. The van der Waals surface area contributed by atoms with Crippen LogP contribution in [-0.2, 0) is 28.0 Å². The van der Waals surface area contributed by atoms with E-state index >= 15 is 0 Å². The standard InChI is InChI=1S/C38H42Cl2N6O3/c1-49-37-23(20-41-21-24-12-17-34(47)43-24)11-15-33(46-37)38(19-5-7-27(36(38)40)26-6-2-3-8-29(26)39)32-16-14-28-30(9-4-10-31(28)45-32)42-22-25-13-18-35(48)44-25/h2-3,5-8,11,14-16,19,24-25,30,36,41-42H,4,9-10,12-13,17-18,20-22H2,1H3,(H,43,47)(H,44,48)/t24-,25+,30-,36?,38?/m1/s1. The number of rotatable bonds is 11. The van der Waals surface area contributed by atoms with Crippen LogP contribution in [0.1, 0.15) is 78.3 Å². The molecule has 256 valence electrons. The first-order valence-electron chi connectivity index (χ1n) is 17.2. The van der Waals surface area contributed by atoms with Crippen LogP contribution in [0.4, 0.5) is 0 Å². The lowest BCUT2D eigenvalue weighted by Crippen LogP contribution is -2.41. The molecule has 4 heterocycles. The summed E-state index contributed by atoms with van der Waals surface area (Å²) in [5, 5.41) is 13.3. The fraction of sp³-hybridized carbons (Fsp3) is 0.421. The maximum atomic E-state index is 11.8. The summed E-state index contributed by atoms with van der Waals surface area (Å²) in [5.74, 6) is 0.735. The predicted molar refractivity (Wildman–Crippen MR) is 192 cm³/mol. The van der Waals surface area contributed by atoms with E-state index in [1.54, 1.807) is 7.11 Å². The number of methoxy groups -OCH3 is 1. The summed E-state index contributed by atoms with van der Waals surface area (Å²) in [7, 11) is 1.63. The number of amides is 2. The quantitative estimate of drug-likeness (QED) is 0.201. The molecule has 11 heteroatoms. The van der Waals surface area contributed by atoms with Crippen LogP contribution in [0.2, 0.25) is 5.02 Å². The van der Waals surface area contributed by atoms with Gasteiger partial charge in [0.25, 0.3) is 0 Å². The highest BCUT2D eigenvalue weighted by molar-refractivity contribution is 6.34. The smallest absolute Gasteiger partial charge is 0.220 e. The van der Waals surface area contributed by atoms with Crippen molar-refractivity contribution in [2.24, 2.45) is 0 Å². The van der Waals surface area contributed by atoms with E-state index in [2.05, 4.69) is 39.5 Å². The van der Waals surface area contributed by atoms with Gasteiger partial charge in [0.05, 0.1) is 29.3 Å². The van der Waals surface area contributed by atoms with E-state index in [4.69, 9.17) is 37.9 Å². The van der Waals surface area contributed by atoms with E-state index in [-0.39, 0.29) is 29.9 Å². The second-order valence-electron chi connectivity index (χ2n) is 13.4. The molecule has 2 amide bonds. The molecule has 3 aromatic rings. The third-order valence-corrected chi connectivity index (χ3v) is 11.2. The number of nitrogens with one attached hydrogen (secondary N) is 4. The summed E-state index contributed by atoms with van der Waals surface area (Å²) >= 11 is 14.4. The van der Waals surface area contributed by atoms with Gasteiger partial charge < -0.3 is 26.0 Å². The highest BCUT2D eigenvalue weighted by Gasteiger charge is 2.46. The summed E-state index contributed by atoms with van der Waals surface area (Å²) < 4.78 is 5.86. The van der Waals surface area contributed by atoms with Gasteiger partial charge in [-0.1, -0.05) is 60.2 Å². The molecule has 4 N–H and O–H groups in total. The van der Waals surface area contributed by atoms with E-state index in [1.165, 1.54) is 5.56 Å². The Morgan fingerprint density at radius 2 is 1.65 bits per heavy atom. The molecular formula is C38H42Cl2N6O3. The van der Waals surface area contributed by atoms with Crippen molar-refractivity contribution in [2.75, 3.05) is 20.2 Å². The van der Waals surface area contributed by atoms with Gasteiger partial charge in [-0.05, 0) is 67.0 Å². The maximum Gasteiger partial charge on any atom is 0.220 e. The van der Waals surface area contributed by atoms with Crippen molar-refractivity contribution in [3.63, 3.8) is 0 Å². The van der Waals surface area contributed by atoms with Crippen LogP contribution in [0.15, 0.2) is 66.8 Å². The number of aryl methyl sites for hydroxylation is 1. The number of benzene rings is 1. The Morgan fingerprint density at radius 1 is 0.918 bits per heavy atom. The van der Waals surface area contributed by atoms with Crippen LogP contribution in [-0.4, -0.2) is 59.4 Å². The maximum absolute atomic E-state index is 11.8. The first-order chi connectivity index (χ1) is 23.9. The summed E-state index contributed by atoms with van der Waals surface area (Å²) in [6.07, 6.45) is 11.9. The molecule has 49 heavy (non-hydrogen) atoms. The van der Waals surface area contributed by atoms with Gasteiger partial charge in [-0.2, -0.15) is 0 Å². The Kier molecular flexibility index (Phi) is 10.1. The summed E-state index contributed by atoms with van der Waals surface area (Å²) in [6.45, 7) is 1.94. The van der Waals surface area contributed by atoms with Crippen molar-refractivity contribution in [1.82, 2.24) is 31.2 Å². The number of allylic oxidation sites excluding steroid dienone is 4. The minimum absolute atomic E-state index is 0.101. The number of carbonyl (C=O) groups excluding carboxylic acids is 2. The van der Waals surface area contributed by atoms with Gasteiger partial charge in [-0.15, -0.1) is 11.6 Å². The zero-order chi connectivity index (χ0) is 34.0. The topological polar surface area (TPSA) is 117 Å². The largest absolute Gasteiger partial charge is 0.481 e. The number of aromatic nitrogens is 2. The zero-order valence-electron chi connectivity index (χ0n) is 27.6. The number of carbonyl (C=O) groups is 2. The molecule has 0 saturated carbocycles. The molecule has 2 aliphatic carbocycles. The van der Waals surface area contributed by atoms with E-state index in [1.807, 2.05) is 48.6 Å². The Labute approximate surface area is 297 Å². The minimum atomic E-state index is -0.929. The lowest BCUT2D eigenvalue weighted by Gasteiger charge is -2.39. The van der Waals surface area contributed by atoms with Crippen LogP contribution in [0, 0.1) is 0 Å². The fourth-order valence-electron chi connectivity index (χ4n) is 7.64. The molecule has 0 spiro atoms. The molecule has 1 aromatic carbocycles. The van der Waals surface area contributed by atoms with Crippen molar-refractivity contribution in [1.29, 1.82) is 0 Å². The van der Waals surface area contributed by atoms with Gasteiger partial charge in [-0.25, -0.2) is 4.98 Å². The lowest BCUT2D eigenvalue weighted by atomic mass is 9.70. The van der Waals surface area contributed by atoms with Gasteiger partial charge in [0.15, 0.2) is 0 Å². The van der Waals surface area contributed by atoms with Gasteiger partial charge in [0.1, 0.15) is 0 Å². The number of pyridine rings is 2. The number of hydrogen-bond donors (Lipinski definition) is 4. The first kappa shape index (κ1) is 33.7. The van der Waals surface area contributed by atoms with Crippen molar-refractivity contribution in [2.45, 2.75) is 80.4 Å². The minimum Gasteiger partial charge on any atom is -0.481 e. The van der Waals surface area contributed by atoms with Crippen molar-refractivity contribution < 1.29 is 14.3 Å². The van der Waals surface area contributed by atoms with E-state index < -0.39 is 10.8 Å². The number of nitrogens with zero attached hydrogens (tertiary/aromatic N) is 2. The Morgan fingerprint density at radius 3 is 2.39 bits per heavy atom. The second-order valence-corrected chi connectivity index (χ2v) is 14.2. The monoisotopic (exact) mass is 700 g/mol. The average Bonchev–Trinajstić information content (AvgIpc) is 3.74. The molecule has 2 fully saturated rings. The molecule has 0 radical (unpaired) electrons. The molecule has 2 aromatic heterocycles. The van der Waals surface area contributed by atoms with Crippen LogP contribution in [0.25, 0.3) is 5.57 Å². The number of hydrogen-bond acceptors (Lipinski definition) is 7. The van der Waals surface area contributed by atoms with E-state index in [0.29, 0.717) is 36.8 Å². The van der Waals surface area contributed by atoms with E-state index in [9.17, 15) is 9.59 Å². The molecule has 2 aliphatic heterocycles. The molecule has 4 aliphatic rings. The van der Waals surface area contributed by atoms with Crippen molar-refractivity contribution in [3.05, 3.63) is 106 Å². The number of fused-ring (bicyclic) bond motifs is 1. The predicted octanol–water partition coefficient (Wildman–Crippen LogP) is 5.30. The molecule has 9 nitrogen and oxygen atoms in total. The highest BCUT2D eigenvalue weighted by Crippen LogP contribution is 2.48. The van der Waals surface area contributed by atoms with Gasteiger partial charge in [0.2, 0.25) is 17.7 Å². The zero-order valence-corrected chi connectivity index (χ0v) is 29.1. The molecule has 7 rings (SSSR count). The Bertz CT molecular complexity index is 1800. The summed E-state index contributed by atoms with van der Waals surface area (Å²) in [6, 6.07) is 16.5.